The summed E-state index contributed by atoms with van der Waals surface area (Å²) in [5, 5.41) is 20.2. The summed E-state index contributed by atoms with van der Waals surface area (Å²) in [6, 6.07) is 3.73. The van der Waals surface area contributed by atoms with Gasteiger partial charge in [0.15, 0.2) is 0 Å². The number of oxime groups is 1. The summed E-state index contributed by atoms with van der Waals surface area (Å²) >= 11 is 0. The van der Waals surface area contributed by atoms with Crippen molar-refractivity contribution in [2.45, 2.75) is 45.1 Å². The smallest absolute Gasteiger partial charge is 0.335 e. The van der Waals surface area contributed by atoms with Crippen LogP contribution in [0.5, 0.6) is 5.75 Å². The summed E-state index contributed by atoms with van der Waals surface area (Å²) in [5.41, 5.74) is 6.09. The summed E-state index contributed by atoms with van der Waals surface area (Å²) in [6.07, 6.45) is 8.44. The minimum absolute atomic E-state index is 0.0233. The first-order valence-corrected chi connectivity index (χ1v) is 8.81. The monoisotopic (exact) mass is 368 g/mol. The number of phenolic OH excluding ortho intramolecular Hbond substituents is 1. The highest BCUT2D eigenvalue weighted by Crippen LogP contribution is 2.40. The number of hydrazine groups is 1. The van der Waals surface area contributed by atoms with Crippen molar-refractivity contribution >= 4 is 24.1 Å². The quantitative estimate of drug-likeness (QED) is 0.474. The Balaban J connectivity index is 1.95. The van der Waals surface area contributed by atoms with Crippen LogP contribution in [0.2, 0.25) is 0 Å². The third kappa shape index (κ3) is 4.09. The molecule has 0 radical (unpaired) electrons. The van der Waals surface area contributed by atoms with Crippen LogP contribution in [0.4, 0.5) is 5.69 Å². The number of anilines is 1. The van der Waals surface area contributed by atoms with Crippen LogP contribution in [0.3, 0.4) is 0 Å². The molecule has 0 fully saturated rings. The second-order valence-corrected chi connectivity index (χ2v) is 7.54. The number of nitrogens with zero attached hydrogens (tertiary/aromatic N) is 3. The van der Waals surface area contributed by atoms with Crippen molar-refractivity contribution in [3.8, 4) is 5.75 Å². The van der Waals surface area contributed by atoms with E-state index in [9.17, 15) is 9.90 Å². The fourth-order valence-electron chi connectivity index (χ4n) is 3.05. The molecule has 142 valence electrons. The van der Waals surface area contributed by atoms with E-state index in [4.69, 9.17) is 0 Å². The van der Waals surface area contributed by atoms with Crippen LogP contribution in [-0.2, 0) is 21.5 Å². The van der Waals surface area contributed by atoms with Gasteiger partial charge in [0.05, 0.1) is 18.2 Å². The number of aryl methyl sites for hydroxylation is 1. The molecular formula is C20H24N4O3. The van der Waals surface area contributed by atoms with E-state index >= 15 is 0 Å². The van der Waals surface area contributed by atoms with Gasteiger partial charge in [-0.05, 0) is 29.5 Å². The van der Waals surface area contributed by atoms with E-state index in [1.807, 2.05) is 57.2 Å². The third-order valence-electron chi connectivity index (χ3n) is 4.45. The fourth-order valence-corrected chi connectivity index (χ4v) is 3.05. The van der Waals surface area contributed by atoms with Crippen molar-refractivity contribution < 1.29 is 14.7 Å². The first kappa shape index (κ1) is 18.8. The van der Waals surface area contributed by atoms with E-state index in [1.165, 1.54) is 0 Å². The summed E-state index contributed by atoms with van der Waals surface area (Å²) in [7, 11) is 0. The molecule has 1 aliphatic heterocycles. The second-order valence-electron chi connectivity index (χ2n) is 7.54. The minimum Gasteiger partial charge on any atom is -0.505 e. The number of rotatable bonds is 5. The van der Waals surface area contributed by atoms with Crippen molar-refractivity contribution in [3.63, 3.8) is 0 Å². The average Bonchev–Trinajstić information content (AvgIpc) is 3.04. The van der Waals surface area contributed by atoms with Gasteiger partial charge in [-0.2, -0.15) is 15.6 Å². The van der Waals surface area contributed by atoms with Gasteiger partial charge < -0.3 is 9.94 Å². The number of carbonyl (C=O) groups is 1. The molecule has 1 aliphatic carbocycles. The second kappa shape index (κ2) is 7.36. The molecule has 0 bridgehead atoms. The van der Waals surface area contributed by atoms with E-state index in [0.717, 1.165) is 16.8 Å². The lowest BCUT2D eigenvalue weighted by Gasteiger charge is -2.26. The van der Waals surface area contributed by atoms with Gasteiger partial charge >= 0.3 is 5.97 Å². The lowest BCUT2D eigenvalue weighted by Crippen LogP contribution is -2.37. The first-order valence-electron chi connectivity index (χ1n) is 8.81. The number of hydrogen-bond acceptors (Lipinski definition) is 7. The zero-order valence-corrected chi connectivity index (χ0v) is 15.8. The highest BCUT2D eigenvalue weighted by molar-refractivity contribution is 6.04. The first-order chi connectivity index (χ1) is 12.8. The lowest BCUT2D eigenvalue weighted by atomic mass is 9.84. The molecule has 0 saturated heterocycles. The maximum absolute atomic E-state index is 11.6. The number of fused-ring (bicyclic) bond motifs is 1. The van der Waals surface area contributed by atoms with Gasteiger partial charge in [0.1, 0.15) is 11.4 Å². The van der Waals surface area contributed by atoms with E-state index < -0.39 is 5.97 Å². The zero-order chi connectivity index (χ0) is 19.6. The van der Waals surface area contributed by atoms with Crippen molar-refractivity contribution in [2.75, 3.05) is 5.12 Å². The minimum atomic E-state index is -0.447. The van der Waals surface area contributed by atoms with Crippen molar-refractivity contribution in [1.82, 2.24) is 5.43 Å². The lowest BCUT2D eigenvalue weighted by molar-refractivity contribution is -0.143. The molecule has 7 heteroatoms. The van der Waals surface area contributed by atoms with Crippen molar-refractivity contribution in [2.24, 2.45) is 10.3 Å². The number of aromatic hydroxyl groups is 1. The fraction of sp³-hybridized carbons (Fsp3) is 0.350. The normalized spacial score (nSPS) is 18.3. The van der Waals surface area contributed by atoms with Gasteiger partial charge in [0, 0.05) is 12.3 Å². The van der Waals surface area contributed by atoms with E-state index in [2.05, 4.69) is 27.2 Å². The number of allylic oxidation sites excluding steroid dienone is 2. The van der Waals surface area contributed by atoms with Gasteiger partial charge in [-0.3, -0.25) is 0 Å². The molecule has 2 aliphatic rings. The predicted octanol–water partition coefficient (Wildman–Crippen LogP) is 2.96. The molecule has 1 heterocycles. The number of benzene rings is 1. The Bertz CT molecular complexity index is 850. The van der Waals surface area contributed by atoms with Gasteiger partial charge in [0.2, 0.25) is 0 Å². The average molecular weight is 368 g/mol. The molecule has 1 unspecified atom stereocenters. The van der Waals surface area contributed by atoms with Crippen LogP contribution in [0.25, 0.3) is 0 Å². The topological polar surface area (TPSA) is 86.5 Å². The molecule has 1 atom stereocenters. The highest BCUT2D eigenvalue weighted by atomic mass is 16.7. The number of nitrogens with one attached hydrogen (secondary N) is 1. The van der Waals surface area contributed by atoms with Gasteiger partial charge in [0.25, 0.3) is 0 Å². The zero-order valence-electron chi connectivity index (χ0n) is 15.8. The maximum Gasteiger partial charge on any atom is 0.335 e. The SMILES string of the molecule is C=NOC(=O)CCc1cc(N2N=C3C=CC=CC3N2)c(O)c(C(C)(C)C)c1. The number of hydrogen-bond donors (Lipinski definition) is 2. The van der Waals surface area contributed by atoms with Crippen LogP contribution in [0, 0.1) is 0 Å². The maximum atomic E-state index is 11.6. The molecule has 1 aromatic rings. The Morgan fingerprint density at radius 1 is 1.41 bits per heavy atom. The molecule has 0 saturated carbocycles. The highest BCUT2D eigenvalue weighted by Gasteiger charge is 2.29. The predicted molar refractivity (Wildman–Crippen MR) is 106 cm³/mol. The molecule has 1 aromatic carbocycles. The Labute approximate surface area is 158 Å². The van der Waals surface area contributed by atoms with Crippen LogP contribution >= 0.6 is 0 Å². The Morgan fingerprint density at radius 3 is 2.85 bits per heavy atom. The number of phenols is 1. The molecule has 0 spiro atoms. The van der Waals surface area contributed by atoms with Crippen LogP contribution < -0.4 is 10.5 Å². The van der Waals surface area contributed by atoms with Gasteiger partial charge in [-0.15, -0.1) is 0 Å². The summed E-state index contributed by atoms with van der Waals surface area (Å²) in [4.78, 5) is 16.2. The van der Waals surface area contributed by atoms with E-state index in [-0.39, 0.29) is 23.6 Å². The van der Waals surface area contributed by atoms with Gasteiger partial charge in [-0.1, -0.05) is 50.2 Å². The van der Waals surface area contributed by atoms with Crippen molar-refractivity contribution in [3.05, 3.63) is 47.6 Å². The molecule has 7 nitrogen and oxygen atoms in total. The molecule has 0 aromatic heterocycles. The van der Waals surface area contributed by atoms with Crippen molar-refractivity contribution in [1.29, 1.82) is 0 Å². The van der Waals surface area contributed by atoms with Crippen LogP contribution in [-0.4, -0.2) is 29.5 Å². The molecule has 3 rings (SSSR count). The Morgan fingerprint density at radius 2 is 2.19 bits per heavy atom. The molecule has 27 heavy (non-hydrogen) atoms. The molecule has 2 N–H and O–H groups in total. The standard InChI is InChI=1S/C20H24N4O3/c1-20(2,3)14-11-13(9-10-18(25)27-21-4)12-17(19(14)26)24-22-15-7-5-6-8-16(15)23-24/h5-8,11-12,15,22,26H,4,9-10H2,1-3H3. The van der Waals surface area contributed by atoms with Crippen LogP contribution in [0.15, 0.2) is 46.7 Å². The molecule has 0 amide bonds. The van der Waals surface area contributed by atoms with Crippen LogP contribution in [0.1, 0.15) is 38.3 Å². The van der Waals surface area contributed by atoms with E-state index in [1.54, 1.807) is 5.12 Å². The van der Waals surface area contributed by atoms with E-state index in [0.29, 0.717) is 12.1 Å². The van der Waals surface area contributed by atoms with Gasteiger partial charge in [-0.25, -0.2) is 4.79 Å². The number of carbonyl (C=O) groups excluding carboxylic acids is 1. The summed E-state index contributed by atoms with van der Waals surface area (Å²) < 4.78 is 0. The Kier molecular flexibility index (Phi) is 5.14. The number of hydrazone groups is 1. The summed E-state index contributed by atoms with van der Waals surface area (Å²) in [6.45, 7) is 9.23. The summed E-state index contributed by atoms with van der Waals surface area (Å²) in [5.74, 6) is -0.275. The third-order valence-corrected chi connectivity index (χ3v) is 4.45. The largest absolute Gasteiger partial charge is 0.505 e. The Hall–Kier alpha value is -2.93. The molecular weight excluding hydrogens is 344 g/mol.